The number of hydrogen-bond acceptors (Lipinski definition) is 5. The SMILES string of the molecule is N#Cc1ccc(NC(=O)O[C@H](CCC/C=C/C(=O)O)c2ccc(O)cc2)cc1. The molecular formula is C21H20N2O5. The van der Waals surface area contributed by atoms with Gasteiger partial charge in [0.25, 0.3) is 0 Å². The minimum atomic E-state index is -1.01. The van der Waals surface area contributed by atoms with Crippen molar-refractivity contribution >= 4 is 17.7 Å². The number of hydrogen-bond donors (Lipinski definition) is 3. The molecule has 0 aliphatic heterocycles. The summed E-state index contributed by atoms with van der Waals surface area (Å²) in [4.78, 5) is 22.8. The number of aliphatic carboxylic acids is 1. The Kier molecular flexibility index (Phi) is 7.61. The van der Waals surface area contributed by atoms with E-state index in [0.29, 0.717) is 30.5 Å². The molecule has 0 saturated heterocycles. The zero-order valence-corrected chi connectivity index (χ0v) is 15.0. The number of phenolic OH excluding ortho intramolecular Hbond substituents is 1. The van der Waals surface area contributed by atoms with Crippen molar-refractivity contribution < 1.29 is 24.5 Å². The lowest BCUT2D eigenvalue weighted by atomic mass is 10.0. The predicted molar refractivity (Wildman–Crippen MR) is 103 cm³/mol. The van der Waals surface area contributed by atoms with Crippen LogP contribution in [0.1, 0.15) is 36.5 Å². The molecule has 28 heavy (non-hydrogen) atoms. The van der Waals surface area contributed by atoms with Crippen molar-refractivity contribution in [2.75, 3.05) is 5.32 Å². The molecule has 7 nitrogen and oxygen atoms in total. The summed E-state index contributed by atoms with van der Waals surface area (Å²) < 4.78 is 5.53. The Morgan fingerprint density at radius 1 is 1.14 bits per heavy atom. The van der Waals surface area contributed by atoms with Gasteiger partial charge in [-0.1, -0.05) is 18.2 Å². The van der Waals surface area contributed by atoms with Gasteiger partial charge in [0, 0.05) is 11.8 Å². The molecule has 0 unspecified atom stereocenters. The van der Waals surface area contributed by atoms with Crippen LogP contribution in [0.25, 0.3) is 0 Å². The summed E-state index contributed by atoms with van der Waals surface area (Å²) in [6, 6.07) is 14.7. The quantitative estimate of drug-likeness (QED) is 0.462. The number of phenols is 1. The second-order valence-corrected chi connectivity index (χ2v) is 5.97. The highest BCUT2D eigenvalue weighted by molar-refractivity contribution is 5.84. The van der Waals surface area contributed by atoms with Gasteiger partial charge in [0.05, 0.1) is 11.6 Å². The average Bonchev–Trinajstić information content (AvgIpc) is 2.68. The molecular weight excluding hydrogens is 360 g/mol. The number of carboxylic acids is 1. The second kappa shape index (κ2) is 10.4. The van der Waals surface area contributed by atoms with Crippen molar-refractivity contribution in [3.05, 3.63) is 71.8 Å². The summed E-state index contributed by atoms with van der Waals surface area (Å²) in [5, 5.41) is 29.5. The number of benzene rings is 2. The van der Waals surface area contributed by atoms with Crippen molar-refractivity contribution in [3.63, 3.8) is 0 Å². The van der Waals surface area contributed by atoms with Crippen molar-refractivity contribution in [1.82, 2.24) is 0 Å². The molecule has 7 heteroatoms. The smallest absolute Gasteiger partial charge is 0.412 e. The monoisotopic (exact) mass is 380 g/mol. The van der Waals surface area contributed by atoms with Gasteiger partial charge in [0.2, 0.25) is 0 Å². The molecule has 144 valence electrons. The van der Waals surface area contributed by atoms with E-state index in [4.69, 9.17) is 15.1 Å². The largest absolute Gasteiger partial charge is 0.508 e. The first kappa shape index (κ1) is 20.5. The first-order chi connectivity index (χ1) is 13.5. The molecule has 0 aromatic heterocycles. The van der Waals surface area contributed by atoms with E-state index in [-0.39, 0.29) is 5.75 Å². The zero-order valence-electron chi connectivity index (χ0n) is 15.0. The van der Waals surface area contributed by atoms with E-state index in [1.54, 1.807) is 42.5 Å². The zero-order chi connectivity index (χ0) is 20.4. The van der Waals surface area contributed by atoms with E-state index in [9.17, 15) is 14.7 Å². The summed E-state index contributed by atoms with van der Waals surface area (Å²) in [5.41, 5.74) is 1.70. The maximum Gasteiger partial charge on any atom is 0.412 e. The minimum Gasteiger partial charge on any atom is -0.508 e. The van der Waals surface area contributed by atoms with Crippen LogP contribution in [0.4, 0.5) is 10.5 Å². The van der Waals surface area contributed by atoms with Crippen LogP contribution >= 0.6 is 0 Å². The van der Waals surface area contributed by atoms with Crippen molar-refractivity contribution in [1.29, 1.82) is 5.26 Å². The van der Waals surface area contributed by atoms with Crippen LogP contribution in [-0.2, 0) is 9.53 Å². The summed E-state index contributed by atoms with van der Waals surface area (Å²) in [6.45, 7) is 0. The van der Waals surface area contributed by atoms with E-state index in [0.717, 1.165) is 11.6 Å². The lowest BCUT2D eigenvalue weighted by molar-refractivity contribution is -0.131. The summed E-state index contributed by atoms with van der Waals surface area (Å²) in [6.07, 6.45) is 3.04. The topological polar surface area (TPSA) is 120 Å². The van der Waals surface area contributed by atoms with Gasteiger partial charge in [-0.3, -0.25) is 5.32 Å². The fourth-order valence-electron chi connectivity index (χ4n) is 2.49. The minimum absolute atomic E-state index is 0.105. The number of ether oxygens (including phenoxy) is 1. The average molecular weight is 380 g/mol. The van der Waals surface area contributed by atoms with Crippen molar-refractivity contribution in [2.24, 2.45) is 0 Å². The van der Waals surface area contributed by atoms with Crippen LogP contribution in [0, 0.1) is 11.3 Å². The second-order valence-electron chi connectivity index (χ2n) is 5.97. The standard InChI is InChI=1S/C21H20N2O5/c22-14-15-6-10-17(11-7-15)23-21(27)28-19(4-2-1-3-5-20(25)26)16-8-12-18(24)13-9-16/h3,5-13,19,24H,1-2,4H2,(H,23,27)(H,25,26)/b5-3+/t19-/m1/s1. The Morgan fingerprint density at radius 2 is 1.82 bits per heavy atom. The van der Waals surface area contributed by atoms with Crippen LogP contribution in [0.3, 0.4) is 0 Å². The third-order valence-corrected chi connectivity index (χ3v) is 3.87. The Morgan fingerprint density at radius 3 is 2.43 bits per heavy atom. The van der Waals surface area contributed by atoms with Crippen LogP contribution in [0.5, 0.6) is 5.75 Å². The fraction of sp³-hybridized carbons (Fsp3) is 0.190. The molecule has 3 N–H and O–H groups in total. The van der Waals surface area contributed by atoms with E-state index < -0.39 is 18.2 Å². The maximum atomic E-state index is 12.3. The normalized spacial score (nSPS) is 11.5. The van der Waals surface area contributed by atoms with E-state index in [1.165, 1.54) is 12.1 Å². The number of nitrogens with one attached hydrogen (secondary N) is 1. The number of anilines is 1. The number of aromatic hydroxyl groups is 1. The third-order valence-electron chi connectivity index (χ3n) is 3.87. The highest BCUT2D eigenvalue weighted by Gasteiger charge is 2.17. The van der Waals surface area contributed by atoms with Crippen molar-refractivity contribution in [3.8, 4) is 11.8 Å². The molecule has 1 atom stereocenters. The molecule has 0 heterocycles. The Bertz CT molecular complexity index is 867. The number of carbonyl (C=O) groups excluding carboxylic acids is 1. The molecule has 2 aromatic carbocycles. The number of rotatable bonds is 8. The highest BCUT2D eigenvalue weighted by atomic mass is 16.6. The van der Waals surface area contributed by atoms with E-state index >= 15 is 0 Å². The number of unbranched alkanes of at least 4 members (excludes halogenated alkanes) is 1. The summed E-state index contributed by atoms with van der Waals surface area (Å²) in [7, 11) is 0. The molecule has 0 saturated carbocycles. The van der Waals surface area contributed by atoms with Gasteiger partial charge in [-0.05, 0) is 61.2 Å². The third kappa shape index (κ3) is 6.84. The molecule has 0 aliphatic rings. The summed E-state index contributed by atoms with van der Waals surface area (Å²) >= 11 is 0. The lowest BCUT2D eigenvalue weighted by Crippen LogP contribution is -2.17. The molecule has 2 aromatic rings. The Balaban J connectivity index is 2.00. The first-order valence-electron chi connectivity index (χ1n) is 8.64. The predicted octanol–water partition coefficient (Wildman–Crippen LogP) is 4.36. The first-order valence-corrected chi connectivity index (χ1v) is 8.64. The van der Waals surface area contributed by atoms with E-state index in [1.807, 2.05) is 6.07 Å². The van der Waals surface area contributed by atoms with Gasteiger partial charge in [-0.25, -0.2) is 9.59 Å². The van der Waals surface area contributed by atoms with Crippen LogP contribution in [0.15, 0.2) is 60.7 Å². The fourth-order valence-corrected chi connectivity index (χ4v) is 2.49. The number of carboxylic acid groups (broad SMARTS) is 1. The molecule has 1 amide bonds. The molecule has 2 rings (SSSR count). The van der Waals surface area contributed by atoms with Crippen LogP contribution < -0.4 is 5.32 Å². The lowest BCUT2D eigenvalue weighted by Gasteiger charge is -2.18. The number of nitriles is 1. The number of carbonyl (C=O) groups is 2. The highest BCUT2D eigenvalue weighted by Crippen LogP contribution is 2.26. The van der Waals surface area contributed by atoms with Crippen LogP contribution in [0.2, 0.25) is 0 Å². The molecule has 0 spiro atoms. The number of nitrogens with zero attached hydrogens (tertiary/aromatic N) is 1. The van der Waals surface area contributed by atoms with Crippen LogP contribution in [-0.4, -0.2) is 22.3 Å². The van der Waals surface area contributed by atoms with Gasteiger partial charge < -0.3 is 14.9 Å². The Hall–Kier alpha value is -3.79. The van der Waals surface area contributed by atoms with Gasteiger partial charge in [-0.2, -0.15) is 5.26 Å². The molecule has 0 fully saturated rings. The maximum absolute atomic E-state index is 12.3. The molecule has 0 radical (unpaired) electrons. The van der Waals surface area contributed by atoms with Gasteiger partial charge in [0.1, 0.15) is 11.9 Å². The van der Waals surface area contributed by atoms with Crippen molar-refractivity contribution in [2.45, 2.75) is 25.4 Å². The molecule has 0 bridgehead atoms. The van der Waals surface area contributed by atoms with E-state index in [2.05, 4.69) is 5.32 Å². The number of allylic oxidation sites excluding steroid dienone is 1. The van der Waals surface area contributed by atoms with Gasteiger partial charge in [0.15, 0.2) is 0 Å². The number of amides is 1. The van der Waals surface area contributed by atoms with Gasteiger partial charge >= 0.3 is 12.1 Å². The Labute approximate surface area is 162 Å². The molecule has 0 aliphatic carbocycles. The summed E-state index contributed by atoms with van der Waals surface area (Å²) in [5.74, 6) is -0.901. The van der Waals surface area contributed by atoms with Gasteiger partial charge in [-0.15, -0.1) is 0 Å².